The van der Waals surface area contributed by atoms with E-state index in [2.05, 4.69) is 15.4 Å². The Morgan fingerprint density at radius 1 is 1.27 bits per heavy atom. The minimum absolute atomic E-state index is 0.0887. The van der Waals surface area contributed by atoms with Crippen molar-refractivity contribution in [3.8, 4) is 16.9 Å². The number of aromatic nitrogens is 3. The lowest BCUT2D eigenvalue weighted by molar-refractivity contribution is 0.0906. The van der Waals surface area contributed by atoms with Crippen LogP contribution in [0, 0.1) is 11.7 Å². The maximum absolute atomic E-state index is 13.7. The molecule has 0 saturated heterocycles. The Morgan fingerprint density at radius 3 is 2.63 bits per heavy atom. The van der Waals surface area contributed by atoms with E-state index in [0.717, 1.165) is 29.8 Å². The fraction of sp³-hybridized carbons (Fsp3) is 0.238. The minimum Gasteiger partial charge on any atom is -0.394 e. The van der Waals surface area contributed by atoms with E-state index in [1.807, 2.05) is 0 Å². The molecule has 0 aliphatic heterocycles. The molecule has 7 nitrogen and oxygen atoms in total. The summed E-state index contributed by atoms with van der Waals surface area (Å²) in [7, 11) is 0. The Balaban J connectivity index is 1.82. The summed E-state index contributed by atoms with van der Waals surface area (Å²) in [5, 5.41) is 17.1. The molecule has 0 unspecified atom stereocenters. The van der Waals surface area contributed by atoms with Crippen LogP contribution >= 0.6 is 11.6 Å². The topological polar surface area (TPSA) is 97.1 Å². The van der Waals surface area contributed by atoms with E-state index in [1.165, 1.54) is 12.3 Å². The molecule has 4 rings (SSSR count). The number of pyridine rings is 1. The number of halogens is 2. The first kappa shape index (κ1) is 20.2. The molecule has 1 aliphatic carbocycles. The van der Waals surface area contributed by atoms with Crippen LogP contribution in [0.2, 0.25) is 5.02 Å². The number of carbonyl (C=O) groups excluding carboxylic acids is 1. The number of aliphatic hydroxyl groups is 1. The first-order valence-corrected chi connectivity index (χ1v) is 9.77. The summed E-state index contributed by atoms with van der Waals surface area (Å²) in [5.41, 5.74) is 0.147. The van der Waals surface area contributed by atoms with Gasteiger partial charge in [0.1, 0.15) is 11.4 Å². The van der Waals surface area contributed by atoms with Crippen molar-refractivity contribution in [2.24, 2.45) is 5.92 Å². The number of aliphatic hydroxyl groups excluding tert-OH is 1. The van der Waals surface area contributed by atoms with Gasteiger partial charge in [-0.2, -0.15) is 9.78 Å². The fourth-order valence-electron chi connectivity index (χ4n) is 3.17. The van der Waals surface area contributed by atoms with Gasteiger partial charge in [-0.1, -0.05) is 23.7 Å². The van der Waals surface area contributed by atoms with E-state index in [4.69, 9.17) is 11.6 Å². The normalized spacial score (nSPS) is 14.4. The van der Waals surface area contributed by atoms with Crippen molar-refractivity contribution in [1.82, 2.24) is 20.1 Å². The molecule has 0 spiro atoms. The Bertz CT molecular complexity index is 1150. The van der Waals surface area contributed by atoms with Crippen molar-refractivity contribution in [2.75, 3.05) is 6.61 Å². The van der Waals surface area contributed by atoms with Gasteiger partial charge in [-0.15, -0.1) is 0 Å². The summed E-state index contributed by atoms with van der Waals surface area (Å²) in [6.45, 7) is -0.215. The van der Waals surface area contributed by atoms with Gasteiger partial charge in [-0.05, 0) is 37.0 Å². The van der Waals surface area contributed by atoms with Gasteiger partial charge < -0.3 is 10.4 Å². The lowest BCUT2D eigenvalue weighted by Gasteiger charge is -2.16. The van der Waals surface area contributed by atoms with Gasteiger partial charge in [-0.25, -0.2) is 4.39 Å². The first-order chi connectivity index (χ1) is 14.5. The monoisotopic (exact) mass is 428 g/mol. The average Bonchev–Trinajstić information content (AvgIpc) is 3.58. The van der Waals surface area contributed by atoms with Gasteiger partial charge >= 0.3 is 0 Å². The van der Waals surface area contributed by atoms with Crippen molar-refractivity contribution in [1.29, 1.82) is 0 Å². The molecule has 2 heterocycles. The van der Waals surface area contributed by atoms with Crippen molar-refractivity contribution in [3.05, 3.63) is 75.5 Å². The summed E-state index contributed by atoms with van der Waals surface area (Å²) in [6, 6.07) is 8.78. The number of nitrogens with one attached hydrogen (secondary N) is 1. The molecule has 1 saturated carbocycles. The van der Waals surface area contributed by atoms with Crippen molar-refractivity contribution in [3.63, 3.8) is 0 Å². The van der Waals surface area contributed by atoms with E-state index >= 15 is 0 Å². The Morgan fingerprint density at radius 2 is 2.00 bits per heavy atom. The van der Waals surface area contributed by atoms with Crippen LogP contribution in [-0.4, -0.2) is 38.4 Å². The highest BCUT2D eigenvalue weighted by Gasteiger charge is 2.32. The predicted octanol–water partition coefficient (Wildman–Crippen LogP) is 2.59. The molecular formula is C21H18ClFN4O3. The molecule has 3 aromatic rings. The zero-order chi connectivity index (χ0) is 21.3. The number of hydrogen-bond donors (Lipinski definition) is 2. The zero-order valence-electron chi connectivity index (χ0n) is 15.8. The van der Waals surface area contributed by atoms with Crippen LogP contribution in [0.1, 0.15) is 23.2 Å². The zero-order valence-corrected chi connectivity index (χ0v) is 16.5. The number of nitrogens with zero attached hydrogens (tertiary/aromatic N) is 3. The molecule has 2 N–H and O–H groups in total. The second-order valence-electron chi connectivity index (χ2n) is 7.13. The van der Waals surface area contributed by atoms with E-state index in [9.17, 15) is 19.1 Å². The van der Waals surface area contributed by atoms with Gasteiger partial charge in [0.2, 0.25) is 0 Å². The Hall–Kier alpha value is -3.10. The molecule has 0 radical (unpaired) electrons. The largest absolute Gasteiger partial charge is 0.394 e. The second-order valence-corrected chi connectivity index (χ2v) is 7.56. The maximum Gasteiger partial charge on any atom is 0.284 e. The summed E-state index contributed by atoms with van der Waals surface area (Å²) >= 11 is 5.95. The third-order valence-corrected chi connectivity index (χ3v) is 5.19. The van der Waals surface area contributed by atoms with E-state index < -0.39 is 23.3 Å². The number of rotatable bonds is 6. The molecule has 9 heteroatoms. The molecule has 1 fully saturated rings. The SMILES string of the molecule is O=C(N[C@@H](CO)C1CC1)c1cc(-c2ccc(Cl)cc2)nn(-c2cncc(F)c2)c1=O. The highest BCUT2D eigenvalue weighted by molar-refractivity contribution is 6.30. The standard InChI is InChI=1S/C21H18ClFN4O3/c22-14-5-3-12(4-6-14)18-8-17(20(29)25-19(11-28)13-1-2-13)21(30)27(26-18)16-7-15(23)9-24-10-16/h3-10,13,19,28H,1-2,11H2,(H,25,29)/t19-/m0/s1. The molecule has 1 aliphatic rings. The summed E-state index contributed by atoms with van der Waals surface area (Å²) < 4.78 is 14.6. The molecule has 1 amide bonds. The average molecular weight is 429 g/mol. The van der Waals surface area contributed by atoms with Crippen LogP contribution in [0.4, 0.5) is 4.39 Å². The van der Waals surface area contributed by atoms with Crippen molar-refractivity contribution < 1.29 is 14.3 Å². The van der Waals surface area contributed by atoms with Crippen LogP contribution in [0.15, 0.2) is 53.6 Å². The van der Waals surface area contributed by atoms with Crippen LogP contribution in [0.5, 0.6) is 0 Å². The smallest absolute Gasteiger partial charge is 0.284 e. The van der Waals surface area contributed by atoms with Crippen LogP contribution < -0.4 is 10.9 Å². The van der Waals surface area contributed by atoms with Gasteiger partial charge in [0.05, 0.1) is 36.4 Å². The first-order valence-electron chi connectivity index (χ1n) is 9.39. The summed E-state index contributed by atoms with van der Waals surface area (Å²) in [4.78, 5) is 29.7. The van der Waals surface area contributed by atoms with Gasteiger partial charge in [-0.3, -0.25) is 14.6 Å². The molecule has 0 bridgehead atoms. The van der Waals surface area contributed by atoms with Crippen molar-refractivity contribution in [2.45, 2.75) is 18.9 Å². The second kappa shape index (κ2) is 8.33. The van der Waals surface area contributed by atoms with E-state index in [-0.39, 0.29) is 23.8 Å². The molecule has 2 aromatic heterocycles. The van der Waals surface area contributed by atoms with Crippen LogP contribution in [0.3, 0.4) is 0 Å². The van der Waals surface area contributed by atoms with Crippen molar-refractivity contribution >= 4 is 17.5 Å². The predicted molar refractivity (Wildman–Crippen MR) is 109 cm³/mol. The number of hydrogen-bond acceptors (Lipinski definition) is 5. The lowest BCUT2D eigenvalue weighted by Crippen LogP contribution is -2.42. The summed E-state index contributed by atoms with van der Waals surface area (Å²) in [5.74, 6) is -1.06. The molecule has 154 valence electrons. The number of amides is 1. The maximum atomic E-state index is 13.7. The molecule has 1 atom stereocenters. The fourth-order valence-corrected chi connectivity index (χ4v) is 3.29. The molecular weight excluding hydrogens is 411 g/mol. The number of carbonyl (C=O) groups is 1. The van der Waals surface area contributed by atoms with Crippen LogP contribution in [0.25, 0.3) is 16.9 Å². The molecule has 30 heavy (non-hydrogen) atoms. The van der Waals surface area contributed by atoms with Crippen LogP contribution in [-0.2, 0) is 0 Å². The summed E-state index contributed by atoms with van der Waals surface area (Å²) in [6.07, 6.45) is 4.12. The quantitative estimate of drug-likeness (QED) is 0.629. The van der Waals surface area contributed by atoms with Gasteiger partial charge in [0.25, 0.3) is 11.5 Å². The molecule has 1 aromatic carbocycles. The van der Waals surface area contributed by atoms with E-state index in [0.29, 0.717) is 16.3 Å². The lowest BCUT2D eigenvalue weighted by atomic mass is 10.1. The Kier molecular flexibility index (Phi) is 5.61. The van der Waals surface area contributed by atoms with Gasteiger partial charge in [0, 0.05) is 16.7 Å². The highest BCUT2D eigenvalue weighted by Crippen LogP contribution is 2.32. The minimum atomic E-state index is -0.717. The third-order valence-electron chi connectivity index (χ3n) is 4.94. The Labute approximate surface area is 176 Å². The van der Waals surface area contributed by atoms with Gasteiger partial charge in [0.15, 0.2) is 0 Å². The highest BCUT2D eigenvalue weighted by atomic mass is 35.5. The third kappa shape index (κ3) is 4.24. The number of benzene rings is 1. The van der Waals surface area contributed by atoms with E-state index in [1.54, 1.807) is 24.3 Å².